The van der Waals surface area contributed by atoms with E-state index < -0.39 is 0 Å². The van der Waals surface area contributed by atoms with Crippen molar-refractivity contribution in [2.24, 2.45) is 5.92 Å². The highest BCUT2D eigenvalue weighted by molar-refractivity contribution is 5.78. The molecule has 1 aromatic rings. The molecule has 0 aliphatic rings. The fraction of sp³-hybridized carbons (Fsp3) is 0.800. The quantitative estimate of drug-likeness (QED) is 0.754. The number of aromatic nitrogens is 2. The molecule has 0 aromatic carbocycles. The van der Waals surface area contributed by atoms with Gasteiger partial charge in [-0.3, -0.25) is 9.69 Å². The van der Waals surface area contributed by atoms with Crippen LogP contribution in [0.3, 0.4) is 0 Å². The Hall–Kier alpha value is -1.43. The maximum absolute atomic E-state index is 11.9. The van der Waals surface area contributed by atoms with E-state index in [-0.39, 0.29) is 11.9 Å². The van der Waals surface area contributed by atoms with E-state index in [1.54, 1.807) is 0 Å². The fourth-order valence-electron chi connectivity index (χ4n) is 2.15. The summed E-state index contributed by atoms with van der Waals surface area (Å²) in [6.45, 7) is 9.20. The van der Waals surface area contributed by atoms with Gasteiger partial charge in [0.15, 0.2) is 5.82 Å². The molecular weight excluding hydrogens is 268 g/mol. The third-order valence-electron chi connectivity index (χ3n) is 3.05. The standard InChI is InChI=1S/C15H28N4O2/c1-6-7-12(4)16-14(20)10-19(5)9-13-17-15(21-18-13)8-11(2)3/h11-12H,6-10H2,1-5H3,(H,16,20). The van der Waals surface area contributed by atoms with E-state index in [9.17, 15) is 4.79 Å². The average molecular weight is 296 g/mol. The first-order chi connectivity index (χ1) is 9.90. The van der Waals surface area contributed by atoms with Crippen molar-refractivity contribution >= 4 is 5.91 Å². The van der Waals surface area contributed by atoms with Crippen LogP contribution in [-0.2, 0) is 17.8 Å². The van der Waals surface area contributed by atoms with Crippen molar-refractivity contribution in [3.8, 4) is 0 Å². The van der Waals surface area contributed by atoms with Crippen molar-refractivity contribution in [1.82, 2.24) is 20.4 Å². The number of nitrogens with zero attached hydrogens (tertiary/aromatic N) is 3. The smallest absolute Gasteiger partial charge is 0.234 e. The number of hydrogen-bond acceptors (Lipinski definition) is 5. The zero-order valence-electron chi connectivity index (χ0n) is 13.8. The van der Waals surface area contributed by atoms with E-state index in [0.29, 0.717) is 30.7 Å². The molecule has 6 heteroatoms. The highest BCUT2D eigenvalue weighted by atomic mass is 16.5. The Morgan fingerprint density at radius 2 is 2.10 bits per heavy atom. The summed E-state index contributed by atoms with van der Waals surface area (Å²) in [6, 6.07) is 0.221. The van der Waals surface area contributed by atoms with Crippen LogP contribution in [0.1, 0.15) is 52.3 Å². The number of hydrogen-bond donors (Lipinski definition) is 1. The molecule has 1 N–H and O–H groups in total. The lowest BCUT2D eigenvalue weighted by molar-refractivity contribution is -0.122. The van der Waals surface area contributed by atoms with Crippen LogP contribution in [0.5, 0.6) is 0 Å². The maximum atomic E-state index is 11.9. The summed E-state index contributed by atoms with van der Waals surface area (Å²) in [5, 5.41) is 6.93. The lowest BCUT2D eigenvalue weighted by Crippen LogP contribution is -2.39. The van der Waals surface area contributed by atoms with E-state index in [1.165, 1.54) is 0 Å². The topological polar surface area (TPSA) is 71.3 Å². The normalized spacial score (nSPS) is 12.9. The van der Waals surface area contributed by atoms with Gasteiger partial charge in [0.25, 0.3) is 0 Å². The molecule has 1 unspecified atom stereocenters. The predicted molar refractivity (Wildman–Crippen MR) is 81.7 cm³/mol. The highest BCUT2D eigenvalue weighted by Gasteiger charge is 2.13. The largest absolute Gasteiger partial charge is 0.353 e. The Morgan fingerprint density at radius 1 is 1.38 bits per heavy atom. The van der Waals surface area contributed by atoms with Crippen molar-refractivity contribution in [2.75, 3.05) is 13.6 Å². The molecule has 0 saturated carbocycles. The molecule has 0 aliphatic carbocycles. The van der Waals surface area contributed by atoms with Crippen LogP contribution in [-0.4, -0.2) is 40.6 Å². The van der Waals surface area contributed by atoms with E-state index in [1.807, 2.05) is 18.9 Å². The van der Waals surface area contributed by atoms with Crippen LogP contribution in [0.15, 0.2) is 4.52 Å². The summed E-state index contributed by atoms with van der Waals surface area (Å²) in [7, 11) is 1.88. The van der Waals surface area contributed by atoms with E-state index in [0.717, 1.165) is 19.3 Å². The minimum atomic E-state index is 0.0318. The zero-order chi connectivity index (χ0) is 15.8. The van der Waals surface area contributed by atoms with Crippen LogP contribution >= 0.6 is 0 Å². The number of nitrogens with one attached hydrogen (secondary N) is 1. The van der Waals surface area contributed by atoms with Crippen LogP contribution in [0.2, 0.25) is 0 Å². The van der Waals surface area contributed by atoms with Crippen molar-refractivity contribution in [2.45, 2.75) is 59.5 Å². The van der Waals surface area contributed by atoms with E-state index >= 15 is 0 Å². The summed E-state index contributed by atoms with van der Waals surface area (Å²) in [5.41, 5.74) is 0. The van der Waals surface area contributed by atoms with Crippen molar-refractivity contribution < 1.29 is 9.32 Å². The summed E-state index contributed by atoms with van der Waals surface area (Å²) in [6.07, 6.45) is 2.85. The second kappa shape index (κ2) is 8.77. The molecule has 1 aromatic heterocycles. The molecular formula is C15H28N4O2. The molecule has 0 bridgehead atoms. The van der Waals surface area contributed by atoms with Gasteiger partial charge in [-0.2, -0.15) is 4.98 Å². The first-order valence-electron chi connectivity index (χ1n) is 7.70. The summed E-state index contributed by atoms with van der Waals surface area (Å²) < 4.78 is 5.19. The SMILES string of the molecule is CCCC(C)NC(=O)CN(C)Cc1noc(CC(C)C)n1. The number of rotatable bonds is 9. The van der Waals surface area contributed by atoms with E-state index in [4.69, 9.17) is 4.52 Å². The molecule has 6 nitrogen and oxygen atoms in total. The molecule has 1 atom stereocenters. The number of carbonyl (C=O) groups is 1. The maximum Gasteiger partial charge on any atom is 0.234 e. The van der Waals surface area contributed by atoms with Crippen molar-refractivity contribution in [1.29, 1.82) is 0 Å². The Morgan fingerprint density at radius 3 is 2.71 bits per heavy atom. The van der Waals surface area contributed by atoms with Gasteiger partial charge >= 0.3 is 0 Å². The Labute approximate surface area is 127 Å². The van der Waals surface area contributed by atoms with Gasteiger partial charge in [0, 0.05) is 12.5 Å². The zero-order valence-corrected chi connectivity index (χ0v) is 13.8. The van der Waals surface area contributed by atoms with Gasteiger partial charge in [-0.25, -0.2) is 0 Å². The fourth-order valence-corrected chi connectivity index (χ4v) is 2.15. The number of likely N-dealkylation sites (N-methyl/N-ethyl adjacent to an activating group) is 1. The van der Waals surface area contributed by atoms with Crippen LogP contribution in [0.4, 0.5) is 0 Å². The molecule has 0 radical (unpaired) electrons. The molecule has 0 spiro atoms. The Balaban J connectivity index is 2.37. The minimum absolute atomic E-state index is 0.0318. The second-order valence-corrected chi connectivity index (χ2v) is 6.13. The van der Waals surface area contributed by atoms with Gasteiger partial charge in [0.05, 0.1) is 13.1 Å². The molecule has 0 aliphatic heterocycles. The summed E-state index contributed by atoms with van der Waals surface area (Å²) >= 11 is 0. The predicted octanol–water partition coefficient (Wildman–Crippen LogP) is 2.00. The van der Waals surface area contributed by atoms with Crippen LogP contribution in [0, 0.1) is 5.92 Å². The first-order valence-corrected chi connectivity index (χ1v) is 7.70. The van der Waals surface area contributed by atoms with Gasteiger partial charge in [-0.05, 0) is 26.3 Å². The Kier molecular flexibility index (Phi) is 7.36. The Bertz CT molecular complexity index is 431. The highest BCUT2D eigenvalue weighted by Crippen LogP contribution is 2.06. The molecule has 1 heterocycles. The minimum Gasteiger partial charge on any atom is -0.353 e. The van der Waals surface area contributed by atoms with Crippen molar-refractivity contribution in [3.63, 3.8) is 0 Å². The van der Waals surface area contributed by atoms with Gasteiger partial charge in [0.1, 0.15) is 0 Å². The third kappa shape index (κ3) is 7.22. The molecule has 120 valence electrons. The van der Waals surface area contributed by atoms with Gasteiger partial charge in [-0.1, -0.05) is 32.3 Å². The van der Waals surface area contributed by atoms with E-state index in [2.05, 4.69) is 36.2 Å². The summed E-state index contributed by atoms with van der Waals surface area (Å²) in [4.78, 5) is 18.1. The number of amides is 1. The first kappa shape index (κ1) is 17.6. The van der Waals surface area contributed by atoms with Gasteiger partial charge in [-0.15, -0.1) is 0 Å². The third-order valence-corrected chi connectivity index (χ3v) is 3.05. The van der Waals surface area contributed by atoms with Crippen molar-refractivity contribution in [3.05, 3.63) is 11.7 Å². The molecule has 1 amide bonds. The average Bonchev–Trinajstić information content (AvgIpc) is 2.74. The van der Waals surface area contributed by atoms with Gasteiger partial charge < -0.3 is 9.84 Å². The monoisotopic (exact) mass is 296 g/mol. The lowest BCUT2D eigenvalue weighted by Gasteiger charge is -2.17. The number of carbonyl (C=O) groups excluding carboxylic acids is 1. The van der Waals surface area contributed by atoms with Crippen LogP contribution < -0.4 is 5.32 Å². The lowest BCUT2D eigenvalue weighted by atomic mass is 10.1. The molecule has 0 fully saturated rings. The molecule has 21 heavy (non-hydrogen) atoms. The summed E-state index contributed by atoms with van der Waals surface area (Å²) in [5.74, 6) is 1.81. The second-order valence-electron chi connectivity index (χ2n) is 6.13. The molecule has 1 rings (SSSR count). The van der Waals surface area contributed by atoms with Gasteiger partial charge in [0.2, 0.25) is 11.8 Å². The van der Waals surface area contributed by atoms with Crippen LogP contribution in [0.25, 0.3) is 0 Å². The molecule has 0 saturated heterocycles.